The molecule has 0 N–H and O–H groups in total. The molecule has 2 nitrogen and oxygen atoms in total. The van der Waals surface area contributed by atoms with Gasteiger partial charge in [-0.15, -0.1) is 11.6 Å². The summed E-state index contributed by atoms with van der Waals surface area (Å²) in [5.74, 6) is -0.408. The molecule has 0 amide bonds. The molecule has 1 aromatic rings. The maximum absolute atomic E-state index is 13.3. The van der Waals surface area contributed by atoms with E-state index in [1.807, 2.05) is 0 Å². The Hall–Kier alpha value is -1.09. The van der Waals surface area contributed by atoms with Crippen molar-refractivity contribution < 1.29 is 13.9 Å². The van der Waals surface area contributed by atoms with E-state index in [-0.39, 0.29) is 11.3 Å². The lowest BCUT2D eigenvalue weighted by Crippen LogP contribution is -2.04. The summed E-state index contributed by atoms with van der Waals surface area (Å²) in [5, 5.41) is -0.930. The number of hydrogen-bond acceptors (Lipinski definition) is 2. The van der Waals surface area contributed by atoms with Crippen molar-refractivity contribution in [1.82, 2.24) is 0 Å². The third-order valence-corrected chi connectivity index (χ3v) is 2.38. The second kappa shape index (κ2) is 4.42. The van der Waals surface area contributed by atoms with Crippen molar-refractivity contribution in [3.8, 4) is 5.75 Å². The Morgan fingerprint density at radius 1 is 1.57 bits per heavy atom. The van der Waals surface area contributed by atoms with Crippen LogP contribution in [-0.2, 0) is 4.79 Å². The van der Waals surface area contributed by atoms with Crippen LogP contribution in [0.25, 0.3) is 0 Å². The van der Waals surface area contributed by atoms with Crippen molar-refractivity contribution in [1.29, 1.82) is 0 Å². The van der Waals surface area contributed by atoms with Crippen molar-refractivity contribution >= 4 is 17.4 Å². The number of carbonyl (C=O) groups is 1. The van der Waals surface area contributed by atoms with Crippen LogP contribution in [0.3, 0.4) is 0 Å². The molecule has 0 radical (unpaired) electrons. The first-order chi connectivity index (χ1) is 6.56. The van der Waals surface area contributed by atoms with Gasteiger partial charge in [0.2, 0.25) is 0 Å². The maximum Gasteiger partial charge on any atom is 0.152 e. The average Bonchev–Trinajstić information content (AvgIpc) is 2.16. The van der Waals surface area contributed by atoms with Gasteiger partial charge in [-0.1, -0.05) is 6.07 Å². The zero-order chi connectivity index (χ0) is 10.7. The van der Waals surface area contributed by atoms with Crippen LogP contribution < -0.4 is 4.74 Å². The zero-order valence-electron chi connectivity index (χ0n) is 7.88. The molecule has 4 heteroatoms. The normalized spacial score (nSPS) is 12.3. The summed E-state index contributed by atoms with van der Waals surface area (Å²) in [6.07, 6.45) is 0. The van der Waals surface area contributed by atoms with Crippen molar-refractivity contribution in [2.24, 2.45) is 0 Å². The molecule has 1 unspecified atom stereocenters. The van der Waals surface area contributed by atoms with Crippen molar-refractivity contribution in [2.75, 3.05) is 7.11 Å². The van der Waals surface area contributed by atoms with Gasteiger partial charge in [0.25, 0.3) is 0 Å². The fourth-order valence-corrected chi connectivity index (χ4v) is 1.24. The highest BCUT2D eigenvalue weighted by molar-refractivity contribution is 6.30. The van der Waals surface area contributed by atoms with Crippen molar-refractivity contribution in [2.45, 2.75) is 12.3 Å². The van der Waals surface area contributed by atoms with Crippen LogP contribution >= 0.6 is 11.6 Å². The van der Waals surface area contributed by atoms with E-state index in [0.717, 1.165) is 0 Å². The molecule has 0 fully saturated rings. The third kappa shape index (κ3) is 2.23. The maximum atomic E-state index is 13.3. The predicted molar refractivity (Wildman–Crippen MR) is 52.2 cm³/mol. The molecule has 1 rings (SSSR count). The van der Waals surface area contributed by atoms with E-state index in [9.17, 15) is 9.18 Å². The summed E-state index contributed by atoms with van der Waals surface area (Å²) in [6, 6.07) is 4.22. The molecule has 1 aromatic carbocycles. The van der Waals surface area contributed by atoms with Crippen LogP contribution in [-0.4, -0.2) is 12.9 Å². The molecule has 0 saturated heterocycles. The fourth-order valence-electron chi connectivity index (χ4n) is 1.06. The van der Waals surface area contributed by atoms with E-state index in [4.69, 9.17) is 16.3 Å². The lowest BCUT2D eigenvalue weighted by atomic mass is 10.1. The van der Waals surface area contributed by atoms with Gasteiger partial charge >= 0.3 is 0 Å². The summed E-state index contributed by atoms with van der Waals surface area (Å²) in [7, 11) is 1.44. The van der Waals surface area contributed by atoms with Gasteiger partial charge in [-0.25, -0.2) is 4.39 Å². The standard InChI is InChI=1S/C10H10ClFO2/c1-6(13)10(11)8-4-3-7(14-2)5-9(8)12/h3-5,10H,1-2H3. The second-order valence-electron chi connectivity index (χ2n) is 2.86. The van der Waals surface area contributed by atoms with E-state index in [2.05, 4.69) is 0 Å². The van der Waals surface area contributed by atoms with Gasteiger partial charge in [0, 0.05) is 11.6 Å². The summed E-state index contributed by atoms with van der Waals surface area (Å²) in [5.41, 5.74) is 0.181. The zero-order valence-corrected chi connectivity index (χ0v) is 8.64. The molecule has 0 aromatic heterocycles. The van der Waals surface area contributed by atoms with Crippen LogP contribution in [0.5, 0.6) is 5.75 Å². The molecular formula is C10H10ClFO2. The Morgan fingerprint density at radius 3 is 2.64 bits per heavy atom. The van der Waals surface area contributed by atoms with Crippen LogP contribution in [0.1, 0.15) is 17.9 Å². The fraction of sp³-hybridized carbons (Fsp3) is 0.300. The number of carbonyl (C=O) groups excluding carboxylic acids is 1. The monoisotopic (exact) mass is 216 g/mol. The van der Waals surface area contributed by atoms with Gasteiger partial charge in [0.05, 0.1) is 7.11 Å². The minimum atomic E-state index is -0.930. The summed E-state index contributed by atoms with van der Waals surface area (Å²) < 4.78 is 18.2. The lowest BCUT2D eigenvalue weighted by molar-refractivity contribution is -0.116. The minimum absolute atomic E-state index is 0.181. The first-order valence-corrected chi connectivity index (χ1v) is 4.48. The molecule has 0 saturated carbocycles. The first-order valence-electron chi connectivity index (χ1n) is 4.04. The molecule has 1 atom stereocenters. The van der Waals surface area contributed by atoms with Crippen LogP contribution in [0, 0.1) is 5.82 Å². The SMILES string of the molecule is COc1ccc(C(Cl)C(C)=O)c(F)c1. The summed E-state index contributed by atoms with van der Waals surface area (Å²) >= 11 is 5.71. The second-order valence-corrected chi connectivity index (χ2v) is 3.30. The van der Waals surface area contributed by atoms with Crippen LogP contribution in [0.4, 0.5) is 4.39 Å². The van der Waals surface area contributed by atoms with Gasteiger partial charge in [-0.05, 0) is 13.0 Å². The Morgan fingerprint density at radius 2 is 2.21 bits per heavy atom. The van der Waals surface area contributed by atoms with Crippen LogP contribution in [0.15, 0.2) is 18.2 Å². The molecule has 0 spiro atoms. The summed E-state index contributed by atoms with van der Waals surface area (Å²) in [4.78, 5) is 10.9. The molecule has 0 aliphatic rings. The molecule has 0 aliphatic heterocycles. The van der Waals surface area contributed by atoms with Gasteiger partial charge in [0.1, 0.15) is 16.9 Å². The summed E-state index contributed by atoms with van der Waals surface area (Å²) in [6.45, 7) is 1.32. The third-order valence-electron chi connectivity index (χ3n) is 1.84. The Kier molecular flexibility index (Phi) is 3.47. The molecule has 14 heavy (non-hydrogen) atoms. The molecule has 0 aliphatic carbocycles. The number of ether oxygens (including phenoxy) is 1. The number of hydrogen-bond donors (Lipinski definition) is 0. The van der Waals surface area contributed by atoms with Crippen molar-refractivity contribution in [3.05, 3.63) is 29.6 Å². The number of halogens is 2. The minimum Gasteiger partial charge on any atom is -0.497 e. The van der Waals surface area contributed by atoms with E-state index in [1.165, 1.54) is 26.2 Å². The molecule has 76 valence electrons. The number of rotatable bonds is 3. The number of ketones is 1. The van der Waals surface area contributed by atoms with E-state index in [0.29, 0.717) is 5.75 Å². The molecule has 0 bridgehead atoms. The highest BCUT2D eigenvalue weighted by atomic mass is 35.5. The largest absolute Gasteiger partial charge is 0.497 e. The Labute approximate surface area is 86.6 Å². The average molecular weight is 217 g/mol. The predicted octanol–water partition coefficient (Wildman–Crippen LogP) is 2.70. The number of benzene rings is 1. The van der Waals surface area contributed by atoms with Gasteiger partial charge in [-0.2, -0.15) is 0 Å². The van der Waals surface area contributed by atoms with E-state index >= 15 is 0 Å². The smallest absolute Gasteiger partial charge is 0.152 e. The number of alkyl halides is 1. The molecule has 0 heterocycles. The molecular weight excluding hydrogens is 207 g/mol. The van der Waals surface area contributed by atoms with Crippen LogP contribution in [0.2, 0.25) is 0 Å². The van der Waals surface area contributed by atoms with Gasteiger partial charge < -0.3 is 4.74 Å². The van der Waals surface area contributed by atoms with Crippen molar-refractivity contribution in [3.63, 3.8) is 0 Å². The van der Waals surface area contributed by atoms with Gasteiger partial charge in [0.15, 0.2) is 5.78 Å². The highest BCUT2D eigenvalue weighted by Gasteiger charge is 2.17. The first kappa shape index (κ1) is 11.0. The Bertz CT molecular complexity index is 352. The number of Topliss-reactive ketones (excluding diaryl/α,β-unsaturated/α-hetero) is 1. The highest BCUT2D eigenvalue weighted by Crippen LogP contribution is 2.26. The lowest BCUT2D eigenvalue weighted by Gasteiger charge is -2.08. The number of methoxy groups -OCH3 is 1. The topological polar surface area (TPSA) is 26.3 Å². The Balaban J connectivity index is 3.05. The quantitative estimate of drug-likeness (QED) is 0.727. The van der Waals surface area contributed by atoms with E-state index < -0.39 is 11.2 Å². The van der Waals surface area contributed by atoms with Gasteiger partial charge in [-0.3, -0.25) is 4.79 Å². The van der Waals surface area contributed by atoms with E-state index in [1.54, 1.807) is 6.07 Å².